The van der Waals surface area contributed by atoms with E-state index in [1.807, 2.05) is 6.08 Å². The molecule has 0 atom stereocenters. The first kappa shape index (κ1) is 18.0. The minimum absolute atomic E-state index is 0.373. The van der Waals surface area contributed by atoms with Crippen molar-refractivity contribution in [3.63, 3.8) is 0 Å². The van der Waals surface area contributed by atoms with Crippen molar-refractivity contribution in [1.82, 2.24) is 14.7 Å². The molecule has 0 fully saturated rings. The number of pyridine rings is 1. The van der Waals surface area contributed by atoms with Gasteiger partial charge in [0.2, 0.25) is 0 Å². The van der Waals surface area contributed by atoms with Crippen LogP contribution in [0.2, 0.25) is 0 Å². The number of aromatic nitrogens is 3. The maximum atomic E-state index is 6.07. The second-order valence-electron chi connectivity index (χ2n) is 5.71. The molecule has 0 saturated heterocycles. The molecular formula is C18H27N5O. The minimum atomic E-state index is 0.373. The number of nitrogens with two attached hydrogens (primary N) is 2. The van der Waals surface area contributed by atoms with Crippen LogP contribution < -0.4 is 26.9 Å². The smallest absolute Gasteiger partial charge is 0.152 e. The van der Waals surface area contributed by atoms with Crippen molar-refractivity contribution in [1.29, 1.82) is 0 Å². The molecule has 6 heteroatoms. The van der Waals surface area contributed by atoms with Crippen LogP contribution in [0, 0.1) is 0 Å². The number of allylic oxidation sites excluding steroid dienone is 1. The molecule has 130 valence electrons. The Bertz CT molecular complexity index is 809. The Labute approximate surface area is 142 Å². The maximum absolute atomic E-state index is 6.07. The third kappa shape index (κ3) is 3.76. The third-order valence-electron chi connectivity index (χ3n) is 3.82. The second-order valence-corrected chi connectivity index (χ2v) is 5.71. The van der Waals surface area contributed by atoms with Crippen LogP contribution in [0.1, 0.15) is 38.4 Å². The highest BCUT2D eigenvalue weighted by Crippen LogP contribution is 2.17. The zero-order valence-corrected chi connectivity index (χ0v) is 14.4. The Morgan fingerprint density at radius 1 is 1.25 bits per heavy atom. The van der Waals surface area contributed by atoms with E-state index in [2.05, 4.69) is 30.0 Å². The molecule has 2 aromatic heterocycles. The van der Waals surface area contributed by atoms with Gasteiger partial charge in [-0.2, -0.15) is 4.73 Å². The quantitative estimate of drug-likeness (QED) is 0.667. The van der Waals surface area contributed by atoms with Crippen LogP contribution in [0.25, 0.3) is 23.7 Å². The first-order valence-electron chi connectivity index (χ1n) is 8.45. The highest BCUT2D eigenvalue weighted by atomic mass is 16.7. The first-order chi connectivity index (χ1) is 11.6. The number of hydrogen-bond donors (Lipinski definition) is 2. The van der Waals surface area contributed by atoms with Crippen molar-refractivity contribution < 1.29 is 4.84 Å². The van der Waals surface area contributed by atoms with Crippen LogP contribution >= 0.6 is 0 Å². The van der Waals surface area contributed by atoms with Crippen molar-refractivity contribution in [3.05, 3.63) is 29.0 Å². The molecule has 0 bridgehead atoms. The summed E-state index contributed by atoms with van der Waals surface area (Å²) in [6.45, 7) is 11.1. The number of aryl methyl sites for hydroxylation is 1. The van der Waals surface area contributed by atoms with Gasteiger partial charge in [0.1, 0.15) is 23.5 Å². The van der Waals surface area contributed by atoms with E-state index in [0.29, 0.717) is 29.8 Å². The fourth-order valence-electron chi connectivity index (χ4n) is 2.59. The Hall–Kier alpha value is -2.34. The Balaban J connectivity index is 2.61. The zero-order valence-electron chi connectivity index (χ0n) is 14.4. The largest absolute Gasteiger partial charge is 0.412 e. The predicted octanol–water partition coefficient (Wildman–Crippen LogP) is 0.900. The Kier molecular flexibility index (Phi) is 6.37. The number of nitrogen functional groups attached to an aromatic ring is 1. The monoisotopic (exact) mass is 329 g/mol. The molecule has 0 spiro atoms. The summed E-state index contributed by atoms with van der Waals surface area (Å²) in [5, 5.41) is 1.43. The molecule has 6 nitrogen and oxygen atoms in total. The number of fused-ring (bicyclic) bond motifs is 1. The van der Waals surface area contributed by atoms with Gasteiger partial charge in [-0.05, 0) is 25.8 Å². The molecule has 4 N–H and O–H groups in total. The number of unbranched alkanes of at least 4 members (excludes halogenated alkanes) is 2. The van der Waals surface area contributed by atoms with Crippen molar-refractivity contribution in [2.24, 2.45) is 5.73 Å². The average Bonchev–Trinajstić information content (AvgIpc) is 2.92. The molecule has 24 heavy (non-hydrogen) atoms. The van der Waals surface area contributed by atoms with Crippen molar-refractivity contribution in [3.8, 4) is 0 Å². The summed E-state index contributed by atoms with van der Waals surface area (Å²) in [7, 11) is 0. The average molecular weight is 329 g/mol. The van der Waals surface area contributed by atoms with Crippen LogP contribution in [0.5, 0.6) is 0 Å². The van der Waals surface area contributed by atoms with Gasteiger partial charge in [0.25, 0.3) is 0 Å². The molecule has 2 heterocycles. The minimum Gasteiger partial charge on any atom is -0.412 e. The van der Waals surface area contributed by atoms with Gasteiger partial charge in [0, 0.05) is 11.6 Å². The standard InChI is InChI=1S/C18H27N5O/c1-4-6-10-15-22-16-17(23(15)24-12-8-7-11-19)14(9-5-2)13(3)21-18(16)20/h5,9H,2-4,6-8,10-12,19H2,1H3,(H2,20,21)/b14-9+. The third-order valence-corrected chi connectivity index (χ3v) is 3.82. The molecule has 0 aliphatic heterocycles. The molecule has 0 unspecified atom stereocenters. The van der Waals surface area contributed by atoms with Gasteiger partial charge >= 0.3 is 0 Å². The van der Waals surface area contributed by atoms with Gasteiger partial charge in [-0.25, -0.2) is 9.97 Å². The molecule has 0 saturated carbocycles. The topological polar surface area (TPSA) is 92.0 Å². The summed E-state index contributed by atoms with van der Waals surface area (Å²) in [4.78, 5) is 15.0. The van der Waals surface area contributed by atoms with E-state index in [4.69, 9.17) is 16.3 Å². The van der Waals surface area contributed by atoms with E-state index in [-0.39, 0.29) is 0 Å². The van der Waals surface area contributed by atoms with Gasteiger partial charge in [0.05, 0.1) is 5.35 Å². The van der Waals surface area contributed by atoms with Crippen LogP contribution in [0.4, 0.5) is 5.82 Å². The molecular weight excluding hydrogens is 302 g/mol. The lowest BCUT2D eigenvalue weighted by molar-refractivity contribution is 0.108. The summed E-state index contributed by atoms with van der Waals surface area (Å²) < 4.78 is 1.80. The number of imidazole rings is 1. The van der Waals surface area contributed by atoms with E-state index >= 15 is 0 Å². The highest BCUT2D eigenvalue weighted by Gasteiger charge is 2.16. The normalized spacial score (nSPS) is 12.0. The van der Waals surface area contributed by atoms with Crippen molar-refractivity contribution in [2.45, 2.75) is 39.0 Å². The summed E-state index contributed by atoms with van der Waals surface area (Å²) in [6.07, 6.45) is 8.31. The number of nitrogens with zero attached hydrogens (tertiary/aromatic N) is 3. The van der Waals surface area contributed by atoms with Crippen LogP contribution in [-0.4, -0.2) is 27.9 Å². The van der Waals surface area contributed by atoms with Gasteiger partial charge in [-0.15, -0.1) is 0 Å². The molecule has 0 aliphatic rings. The zero-order chi connectivity index (χ0) is 17.5. The Morgan fingerprint density at radius 3 is 2.71 bits per heavy atom. The maximum Gasteiger partial charge on any atom is 0.152 e. The van der Waals surface area contributed by atoms with Crippen LogP contribution in [0.15, 0.2) is 12.7 Å². The summed E-state index contributed by atoms with van der Waals surface area (Å²) in [5.41, 5.74) is 13.1. The van der Waals surface area contributed by atoms with E-state index in [1.165, 1.54) is 0 Å². The van der Waals surface area contributed by atoms with Crippen molar-refractivity contribution >= 4 is 29.5 Å². The number of anilines is 1. The van der Waals surface area contributed by atoms with E-state index < -0.39 is 0 Å². The molecule has 0 aromatic carbocycles. The van der Waals surface area contributed by atoms with Crippen LogP contribution in [-0.2, 0) is 6.42 Å². The van der Waals surface area contributed by atoms with E-state index in [0.717, 1.165) is 48.7 Å². The Morgan fingerprint density at radius 2 is 2.04 bits per heavy atom. The predicted molar refractivity (Wildman–Crippen MR) is 99.7 cm³/mol. The first-order valence-corrected chi connectivity index (χ1v) is 8.45. The lowest BCUT2D eigenvalue weighted by Gasteiger charge is -2.11. The number of hydrogen-bond acceptors (Lipinski definition) is 5. The molecule has 2 aromatic rings. The highest BCUT2D eigenvalue weighted by molar-refractivity contribution is 5.86. The van der Waals surface area contributed by atoms with Gasteiger partial charge in [-0.3, -0.25) is 0 Å². The van der Waals surface area contributed by atoms with E-state index in [1.54, 1.807) is 10.8 Å². The molecule has 0 amide bonds. The van der Waals surface area contributed by atoms with Gasteiger partial charge in [-0.1, -0.05) is 38.7 Å². The van der Waals surface area contributed by atoms with E-state index in [9.17, 15) is 0 Å². The SMILES string of the molecule is C=C/C=c1\c(=C)nc(N)c2nc(CCCC)n(OCCCCN)c12. The van der Waals surface area contributed by atoms with Gasteiger partial charge < -0.3 is 16.3 Å². The van der Waals surface area contributed by atoms with Crippen LogP contribution in [0.3, 0.4) is 0 Å². The summed E-state index contributed by atoms with van der Waals surface area (Å²) in [5.74, 6) is 1.23. The molecule has 2 rings (SSSR count). The molecule has 0 radical (unpaired) electrons. The fraction of sp³-hybridized carbons (Fsp3) is 0.444. The lowest BCUT2D eigenvalue weighted by Crippen LogP contribution is -2.31. The summed E-state index contributed by atoms with van der Waals surface area (Å²) in [6, 6.07) is 0. The number of rotatable bonds is 9. The lowest BCUT2D eigenvalue weighted by atomic mass is 10.2. The summed E-state index contributed by atoms with van der Waals surface area (Å²) >= 11 is 0. The fourth-order valence-corrected chi connectivity index (χ4v) is 2.59. The van der Waals surface area contributed by atoms with Crippen molar-refractivity contribution in [2.75, 3.05) is 18.9 Å². The molecule has 0 aliphatic carbocycles. The second kappa shape index (κ2) is 8.49. The van der Waals surface area contributed by atoms with Gasteiger partial charge in [0.15, 0.2) is 5.82 Å².